The minimum absolute atomic E-state index is 0.0899. The molecular weight excluding hydrogens is 304 g/mol. The summed E-state index contributed by atoms with van der Waals surface area (Å²) in [5, 5.41) is 3.13. The van der Waals surface area contributed by atoms with E-state index < -0.39 is 0 Å². The number of urea groups is 1. The Morgan fingerprint density at radius 2 is 2.21 bits per heavy atom. The first-order valence-corrected chi connectivity index (χ1v) is 8.63. The number of carbonyl (C=O) groups is 2. The predicted molar refractivity (Wildman–Crippen MR) is 93.2 cm³/mol. The molecule has 2 heterocycles. The molecule has 6 heteroatoms. The quantitative estimate of drug-likeness (QED) is 0.867. The molecule has 3 N–H and O–H groups in total. The Hall–Kier alpha value is -2.11. The van der Waals surface area contributed by atoms with Crippen molar-refractivity contribution < 1.29 is 9.59 Å². The summed E-state index contributed by atoms with van der Waals surface area (Å²) in [4.78, 5) is 30.1. The summed E-state index contributed by atoms with van der Waals surface area (Å²) in [6, 6.07) is 3.69. The molecule has 2 rings (SSSR count). The molecule has 1 aromatic rings. The Morgan fingerprint density at radius 1 is 1.46 bits per heavy atom. The molecule has 1 fully saturated rings. The monoisotopic (exact) mass is 332 g/mol. The fourth-order valence-electron chi connectivity index (χ4n) is 3.30. The second kappa shape index (κ2) is 8.13. The molecule has 0 saturated carbocycles. The summed E-state index contributed by atoms with van der Waals surface area (Å²) in [7, 11) is 0. The number of nitrogens with two attached hydrogens (primary N) is 1. The van der Waals surface area contributed by atoms with Gasteiger partial charge in [-0.05, 0) is 43.2 Å². The average Bonchev–Trinajstić information content (AvgIpc) is 2.52. The van der Waals surface area contributed by atoms with Gasteiger partial charge in [0.05, 0.1) is 11.7 Å². The number of amides is 3. The molecule has 0 bridgehead atoms. The molecule has 1 saturated heterocycles. The van der Waals surface area contributed by atoms with Gasteiger partial charge in [-0.3, -0.25) is 9.78 Å². The lowest BCUT2D eigenvalue weighted by molar-refractivity contribution is -0.119. The topological polar surface area (TPSA) is 88.3 Å². The zero-order valence-corrected chi connectivity index (χ0v) is 14.8. The van der Waals surface area contributed by atoms with Crippen LogP contribution in [0.15, 0.2) is 18.3 Å². The fourth-order valence-corrected chi connectivity index (χ4v) is 3.30. The first-order chi connectivity index (χ1) is 11.4. The first-order valence-electron chi connectivity index (χ1n) is 8.63. The largest absolute Gasteiger partial charge is 0.370 e. The van der Waals surface area contributed by atoms with E-state index in [0.717, 1.165) is 24.1 Å². The maximum atomic E-state index is 12.7. The highest BCUT2D eigenvalue weighted by Crippen LogP contribution is 2.24. The number of nitrogens with one attached hydrogen (secondary N) is 1. The van der Waals surface area contributed by atoms with E-state index in [-0.39, 0.29) is 29.8 Å². The number of aromatic nitrogens is 1. The number of rotatable bonds is 5. The summed E-state index contributed by atoms with van der Waals surface area (Å²) >= 11 is 0. The third-order valence-electron chi connectivity index (χ3n) is 4.59. The van der Waals surface area contributed by atoms with Crippen LogP contribution < -0.4 is 11.1 Å². The van der Waals surface area contributed by atoms with Crippen LogP contribution in [0, 0.1) is 18.8 Å². The second-order valence-corrected chi connectivity index (χ2v) is 7.00. The van der Waals surface area contributed by atoms with Crippen LogP contribution in [-0.4, -0.2) is 34.9 Å². The van der Waals surface area contributed by atoms with E-state index in [1.165, 1.54) is 0 Å². The van der Waals surface area contributed by atoms with Crippen LogP contribution in [-0.2, 0) is 4.79 Å². The van der Waals surface area contributed by atoms with Crippen molar-refractivity contribution in [2.24, 2.45) is 17.6 Å². The predicted octanol–water partition coefficient (Wildman–Crippen LogP) is 2.38. The van der Waals surface area contributed by atoms with Gasteiger partial charge in [0.1, 0.15) is 0 Å². The number of nitrogens with zero attached hydrogens (tertiary/aromatic N) is 2. The number of primary amides is 1. The highest BCUT2D eigenvalue weighted by molar-refractivity contribution is 5.76. The molecule has 6 nitrogen and oxygen atoms in total. The van der Waals surface area contributed by atoms with Gasteiger partial charge in [-0.15, -0.1) is 0 Å². The molecule has 0 aromatic carbocycles. The third-order valence-corrected chi connectivity index (χ3v) is 4.59. The Kier molecular flexibility index (Phi) is 6.17. The van der Waals surface area contributed by atoms with E-state index in [1.54, 1.807) is 11.1 Å². The molecule has 0 radical (unpaired) electrons. The molecule has 2 unspecified atom stereocenters. The first kappa shape index (κ1) is 18.2. The average molecular weight is 332 g/mol. The molecule has 0 aliphatic carbocycles. The lowest BCUT2D eigenvalue weighted by Crippen LogP contribution is -2.48. The van der Waals surface area contributed by atoms with Crippen LogP contribution >= 0.6 is 0 Å². The van der Waals surface area contributed by atoms with E-state index in [4.69, 9.17) is 5.73 Å². The number of pyridine rings is 1. The maximum Gasteiger partial charge on any atom is 0.317 e. The molecule has 3 amide bonds. The zero-order valence-electron chi connectivity index (χ0n) is 14.8. The van der Waals surface area contributed by atoms with Crippen molar-refractivity contribution in [1.29, 1.82) is 0 Å². The van der Waals surface area contributed by atoms with Gasteiger partial charge in [-0.1, -0.05) is 19.9 Å². The Balaban J connectivity index is 2.05. The number of carbonyl (C=O) groups excluding carboxylic acids is 2. The molecule has 0 spiro atoms. The van der Waals surface area contributed by atoms with Gasteiger partial charge >= 0.3 is 6.03 Å². The van der Waals surface area contributed by atoms with Gasteiger partial charge in [0.2, 0.25) is 5.91 Å². The van der Waals surface area contributed by atoms with Crippen LogP contribution in [0.1, 0.15) is 50.4 Å². The normalized spacial score (nSPS) is 19.2. The van der Waals surface area contributed by atoms with Crippen molar-refractivity contribution in [1.82, 2.24) is 15.2 Å². The smallest absolute Gasteiger partial charge is 0.317 e. The van der Waals surface area contributed by atoms with Crippen LogP contribution in [0.4, 0.5) is 4.79 Å². The summed E-state index contributed by atoms with van der Waals surface area (Å²) < 4.78 is 0. The number of aryl methyl sites for hydroxylation is 1. The highest BCUT2D eigenvalue weighted by Gasteiger charge is 2.28. The Labute approximate surface area is 143 Å². The summed E-state index contributed by atoms with van der Waals surface area (Å²) in [6.45, 7) is 7.46. The van der Waals surface area contributed by atoms with Crippen molar-refractivity contribution in [2.75, 3.05) is 13.1 Å². The Bertz CT molecular complexity index is 588. The molecule has 1 aliphatic heterocycles. The number of hydrogen-bond acceptors (Lipinski definition) is 3. The van der Waals surface area contributed by atoms with Crippen molar-refractivity contribution in [3.05, 3.63) is 29.6 Å². The van der Waals surface area contributed by atoms with Gasteiger partial charge in [0, 0.05) is 25.7 Å². The van der Waals surface area contributed by atoms with E-state index in [2.05, 4.69) is 24.1 Å². The molecule has 1 aromatic heterocycles. The van der Waals surface area contributed by atoms with Crippen molar-refractivity contribution in [3.8, 4) is 0 Å². The number of hydrogen-bond donors (Lipinski definition) is 2. The number of piperidine rings is 1. The summed E-state index contributed by atoms with van der Waals surface area (Å²) in [5.41, 5.74) is 7.27. The zero-order chi connectivity index (χ0) is 17.7. The van der Waals surface area contributed by atoms with Crippen LogP contribution in [0.5, 0.6) is 0 Å². The fraction of sp³-hybridized carbons (Fsp3) is 0.611. The summed E-state index contributed by atoms with van der Waals surface area (Å²) in [5.74, 6) is 0.0938. The summed E-state index contributed by atoms with van der Waals surface area (Å²) in [6.07, 6.45) is 3.95. The molecule has 132 valence electrons. The molecular formula is C18H28N4O2. The number of likely N-dealkylation sites (tertiary alicyclic amines) is 1. The van der Waals surface area contributed by atoms with E-state index in [1.807, 2.05) is 19.1 Å². The molecule has 1 aliphatic rings. The maximum absolute atomic E-state index is 12.7. The SMILES string of the molecule is Cc1cccnc1C(NC(=O)N1CCCC(CC(N)=O)C1)C(C)C. The standard InChI is InChI=1S/C18H28N4O2/c1-12(2)16(17-13(3)6-4-8-20-17)21-18(24)22-9-5-7-14(11-22)10-15(19)23/h4,6,8,12,14,16H,5,7,9-11H2,1-3H3,(H2,19,23)(H,21,24). The lowest BCUT2D eigenvalue weighted by atomic mass is 9.94. The Morgan fingerprint density at radius 3 is 2.83 bits per heavy atom. The minimum atomic E-state index is -0.300. The van der Waals surface area contributed by atoms with Crippen LogP contribution in [0.3, 0.4) is 0 Å². The second-order valence-electron chi connectivity index (χ2n) is 7.00. The van der Waals surface area contributed by atoms with Crippen molar-refractivity contribution in [2.45, 2.75) is 46.1 Å². The van der Waals surface area contributed by atoms with Gasteiger partial charge < -0.3 is 16.0 Å². The van der Waals surface area contributed by atoms with Gasteiger partial charge in [-0.2, -0.15) is 0 Å². The van der Waals surface area contributed by atoms with E-state index in [0.29, 0.717) is 19.5 Å². The third kappa shape index (κ3) is 4.69. The van der Waals surface area contributed by atoms with E-state index >= 15 is 0 Å². The van der Waals surface area contributed by atoms with Crippen LogP contribution in [0.25, 0.3) is 0 Å². The van der Waals surface area contributed by atoms with Gasteiger partial charge in [0.15, 0.2) is 0 Å². The van der Waals surface area contributed by atoms with Gasteiger partial charge in [-0.25, -0.2) is 4.79 Å². The highest BCUT2D eigenvalue weighted by atomic mass is 16.2. The molecule has 24 heavy (non-hydrogen) atoms. The van der Waals surface area contributed by atoms with Crippen molar-refractivity contribution in [3.63, 3.8) is 0 Å². The minimum Gasteiger partial charge on any atom is -0.370 e. The van der Waals surface area contributed by atoms with Gasteiger partial charge in [0.25, 0.3) is 0 Å². The lowest BCUT2D eigenvalue weighted by Gasteiger charge is -2.34. The van der Waals surface area contributed by atoms with E-state index in [9.17, 15) is 9.59 Å². The van der Waals surface area contributed by atoms with Crippen LogP contribution in [0.2, 0.25) is 0 Å². The molecule has 2 atom stereocenters. The van der Waals surface area contributed by atoms with Crippen molar-refractivity contribution >= 4 is 11.9 Å².